The third-order valence-corrected chi connectivity index (χ3v) is 4.23. The van der Waals surface area contributed by atoms with Crippen LogP contribution in [0.4, 0.5) is 5.13 Å². The fraction of sp³-hybridized carbons (Fsp3) is 0.667. The van der Waals surface area contributed by atoms with Gasteiger partial charge < -0.3 is 10.6 Å². The zero-order valence-corrected chi connectivity index (χ0v) is 10.6. The molecule has 1 aromatic heterocycles. The Balaban J connectivity index is 1.58. The number of nitrogens with one attached hydrogen (secondary N) is 2. The molecule has 1 aromatic rings. The van der Waals surface area contributed by atoms with Gasteiger partial charge in [0.25, 0.3) is 0 Å². The molecule has 17 heavy (non-hydrogen) atoms. The molecule has 2 heterocycles. The van der Waals surface area contributed by atoms with E-state index in [1.165, 1.54) is 12.8 Å². The van der Waals surface area contributed by atoms with Gasteiger partial charge in [-0.15, -0.1) is 11.3 Å². The van der Waals surface area contributed by atoms with Gasteiger partial charge in [-0.25, -0.2) is 4.98 Å². The van der Waals surface area contributed by atoms with Crippen LogP contribution in [0.15, 0.2) is 5.38 Å². The molecule has 2 fully saturated rings. The summed E-state index contributed by atoms with van der Waals surface area (Å²) in [5.41, 5.74) is 1.16. The van der Waals surface area contributed by atoms with Crippen molar-refractivity contribution in [2.75, 3.05) is 18.4 Å². The molecular formula is C12H17N3OS. The van der Waals surface area contributed by atoms with Gasteiger partial charge in [-0.2, -0.15) is 0 Å². The highest BCUT2D eigenvalue weighted by Crippen LogP contribution is 2.40. The molecule has 0 aromatic carbocycles. The average molecular weight is 251 g/mol. The van der Waals surface area contributed by atoms with Crippen LogP contribution in [0.25, 0.3) is 0 Å². The average Bonchev–Trinajstić information content (AvgIpc) is 3.12. The van der Waals surface area contributed by atoms with E-state index in [0.717, 1.165) is 36.8 Å². The first-order chi connectivity index (χ1) is 8.33. The van der Waals surface area contributed by atoms with Crippen molar-refractivity contribution < 1.29 is 4.79 Å². The Hall–Kier alpha value is -0.940. The molecule has 4 nitrogen and oxygen atoms in total. The Morgan fingerprint density at radius 3 is 2.82 bits per heavy atom. The van der Waals surface area contributed by atoms with E-state index in [4.69, 9.17) is 0 Å². The fourth-order valence-corrected chi connectivity index (χ4v) is 3.00. The van der Waals surface area contributed by atoms with Crippen molar-refractivity contribution in [3.63, 3.8) is 0 Å². The number of thiazole rings is 1. The number of amides is 1. The largest absolute Gasteiger partial charge is 0.317 e. The van der Waals surface area contributed by atoms with E-state index in [1.807, 2.05) is 0 Å². The monoisotopic (exact) mass is 251 g/mol. The van der Waals surface area contributed by atoms with Gasteiger partial charge in [0.2, 0.25) is 5.91 Å². The number of hydrogen-bond acceptors (Lipinski definition) is 4. The summed E-state index contributed by atoms with van der Waals surface area (Å²) in [4.78, 5) is 16.5. The normalized spacial score (nSPS) is 21.4. The maximum Gasteiger partial charge on any atom is 0.229 e. The van der Waals surface area contributed by atoms with Crippen LogP contribution in [0, 0.1) is 5.92 Å². The van der Waals surface area contributed by atoms with Crippen LogP contribution in [0.2, 0.25) is 0 Å². The van der Waals surface area contributed by atoms with E-state index in [-0.39, 0.29) is 11.8 Å². The summed E-state index contributed by atoms with van der Waals surface area (Å²) in [5, 5.41) is 9.08. The van der Waals surface area contributed by atoms with E-state index in [2.05, 4.69) is 21.0 Å². The summed E-state index contributed by atoms with van der Waals surface area (Å²) in [6, 6.07) is 0. The molecule has 1 aliphatic heterocycles. The second kappa shape index (κ2) is 4.74. The zero-order valence-electron chi connectivity index (χ0n) is 9.74. The van der Waals surface area contributed by atoms with Gasteiger partial charge in [0.15, 0.2) is 5.13 Å². The number of anilines is 1. The molecule has 5 heteroatoms. The summed E-state index contributed by atoms with van der Waals surface area (Å²) < 4.78 is 0. The molecule has 92 valence electrons. The van der Waals surface area contributed by atoms with Crippen LogP contribution in [-0.4, -0.2) is 24.0 Å². The van der Waals surface area contributed by atoms with Crippen LogP contribution >= 0.6 is 11.3 Å². The maximum absolute atomic E-state index is 12.0. The van der Waals surface area contributed by atoms with Crippen LogP contribution < -0.4 is 10.6 Å². The number of carbonyl (C=O) groups excluding carboxylic acids is 1. The molecule has 2 aliphatic rings. The van der Waals surface area contributed by atoms with Gasteiger partial charge in [-0.3, -0.25) is 4.79 Å². The predicted octanol–water partition coefficient (Wildman–Crippen LogP) is 1.96. The molecule has 0 spiro atoms. The number of nitrogens with zero attached hydrogens (tertiary/aromatic N) is 1. The molecule has 3 rings (SSSR count). The second-order valence-electron chi connectivity index (χ2n) is 4.87. The first kappa shape index (κ1) is 11.2. The van der Waals surface area contributed by atoms with Crippen LogP contribution in [0.3, 0.4) is 0 Å². The highest BCUT2D eigenvalue weighted by atomic mass is 32.1. The van der Waals surface area contributed by atoms with Crippen LogP contribution in [-0.2, 0) is 4.79 Å². The topological polar surface area (TPSA) is 54.0 Å². The zero-order chi connectivity index (χ0) is 11.7. The van der Waals surface area contributed by atoms with Crippen LogP contribution in [0.5, 0.6) is 0 Å². The number of rotatable bonds is 3. The lowest BCUT2D eigenvalue weighted by molar-refractivity contribution is -0.120. The highest BCUT2D eigenvalue weighted by molar-refractivity contribution is 7.13. The van der Waals surface area contributed by atoms with Gasteiger partial charge in [-0.05, 0) is 38.8 Å². The van der Waals surface area contributed by atoms with E-state index in [1.54, 1.807) is 11.3 Å². The minimum Gasteiger partial charge on any atom is -0.317 e. The number of carbonyl (C=O) groups is 1. The summed E-state index contributed by atoms with van der Waals surface area (Å²) in [5.74, 6) is 0.962. The van der Waals surface area contributed by atoms with Gasteiger partial charge in [-0.1, -0.05) is 0 Å². The summed E-state index contributed by atoms with van der Waals surface area (Å²) in [6.07, 6.45) is 4.39. The first-order valence-electron chi connectivity index (χ1n) is 6.30. The van der Waals surface area contributed by atoms with E-state index < -0.39 is 0 Å². The Labute approximate surface area is 105 Å². The third-order valence-electron chi connectivity index (χ3n) is 3.46. The van der Waals surface area contributed by atoms with Gasteiger partial charge >= 0.3 is 0 Å². The molecule has 1 amide bonds. The fourth-order valence-electron chi connectivity index (χ4n) is 2.20. The summed E-state index contributed by atoms with van der Waals surface area (Å²) in [6.45, 7) is 1.90. The quantitative estimate of drug-likeness (QED) is 0.863. The smallest absolute Gasteiger partial charge is 0.229 e. The Bertz CT molecular complexity index is 408. The van der Waals surface area contributed by atoms with Crippen molar-refractivity contribution in [1.29, 1.82) is 0 Å². The van der Waals surface area contributed by atoms with Crippen molar-refractivity contribution in [2.24, 2.45) is 5.92 Å². The van der Waals surface area contributed by atoms with Crippen molar-refractivity contribution in [1.82, 2.24) is 10.3 Å². The summed E-state index contributed by atoms with van der Waals surface area (Å²) >= 11 is 1.55. The van der Waals surface area contributed by atoms with Gasteiger partial charge in [0.05, 0.1) is 5.69 Å². The SMILES string of the molecule is O=C(Nc1nc(C2CC2)cs1)C1CCNCC1. The number of hydrogen-bond donors (Lipinski definition) is 2. The Morgan fingerprint density at radius 2 is 2.12 bits per heavy atom. The number of aromatic nitrogens is 1. The van der Waals surface area contributed by atoms with Crippen molar-refractivity contribution in [3.05, 3.63) is 11.1 Å². The van der Waals surface area contributed by atoms with Crippen LogP contribution in [0.1, 0.15) is 37.3 Å². The van der Waals surface area contributed by atoms with E-state index in [9.17, 15) is 4.79 Å². The minimum absolute atomic E-state index is 0.142. The van der Waals surface area contributed by atoms with Gasteiger partial charge in [0, 0.05) is 17.2 Å². The van der Waals surface area contributed by atoms with E-state index >= 15 is 0 Å². The van der Waals surface area contributed by atoms with Gasteiger partial charge in [0.1, 0.15) is 0 Å². The predicted molar refractivity (Wildman–Crippen MR) is 68.3 cm³/mol. The number of piperidine rings is 1. The van der Waals surface area contributed by atoms with E-state index in [0.29, 0.717) is 5.92 Å². The second-order valence-corrected chi connectivity index (χ2v) is 5.72. The van der Waals surface area contributed by atoms with Crippen molar-refractivity contribution >= 4 is 22.4 Å². The molecule has 0 radical (unpaired) electrons. The lowest BCUT2D eigenvalue weighted by atomic mass is 9.97. The van der Waals surface area contributed by atoms with Crippen molar-refractivity contribution in [2.45, 2.75) is 31.6 Å². The molecule has 0 atom stereocenters. The molecule has 1 saturated carbocycles. The lowest BCUT2D eigenvalue weighted by Crippen LogP contribution is -2.34. The minimum atomic E-state index is 0.142. The molecule has 0 bridgehead atoms. The highest BCUT2D eigenvalue weighted by Gasteiger charge is 2.27. The maximum atomic E-state index is 12.0. The third kappa shape index (κ3) is 2.66. The molecule has 0 unspecified atom stereocenters. The Kier molecular flexibility index (Phi) is 3.11. The first-order valence-corrected chi connectivity index (χ1v) is 7.18. The molecule has 1 saturated heterocycles. The molecule has 1 aliphatic carbocycles. The van der Waals surface area contributed by atoms with Crippen molar-refractivity contribution in [3.8, 4) is 0 Å². The Morgan fingerprint density at radius 1 is 1.35 bits per heavy atom. The summed E-state index contributed by atoms with van der Waals surface area (Å²) in [7, 11) is 0. The lowest BCUT2D eigenvalue weighted by Gasteiger charge is -2.20. The molecule has 2 N–H and O–H groups in total. The standard InChI is InChI=1S/C12H17N3OS/c16-11(9-3-5-13-6-4-9)15-12-14-10(7-17-12)8-1-2-8/h7-9,13H,1-6H2,(H,14,15,16). The molecular weight excluding hydrogens is 234 g/mol.